The first-order valence-electron chi connectivity index (χ1n) is 6.15. The Balaban J connectivity index is 2.12. The summed E-state index contributed by atoms with van der Waals surface area (Å²) >= 11 is 5.71. The van der Waals surface area contributed by atoms with Crippen LogP contribution >= 0.6 is 11.6 Å². The molecule has 1 aromatic carbocycles. The standard InChI is InChI=1S/C12H17ClN2O3S/c1-9-4-6-15(7-5-9)19(17,18)14-11-3-2-10(13)8-12(11)16/h2-3,8-9,14,16H,4-7H2,1H3. The fourth-order valence-electron chi connectivity index (χ4n) is 2.02. The quantitative estimate of drug-likeness (QED) is 0.843. The number of halogens is 1. The van der Waals surface area contributed by atoms with Gasteiger partial charge in [0.05, 0.1) is 5.69 Å². The highest BCUT2D eigenvalue weighted by Crippen LogP contribution is 2.28. The number of benzene rings is 1. The van der Waals surface area contributed by atoms with E-state index in [1.54, 1.807) is 0 Å². The van der Waals surface area contributed by atoms with Crippen LogP contribution in [0.5, 0.6) is 5.75 Å². The smallest absolute Gasteiger partial charge is 0.301 e. The van der Waals surface area contributed by atoms with Crippen LogP contribution in [0.25, 0.3) is 0 Å². The number of anilines is 1. The summed E-state index contributed by atoms with van der Waals surface area (Å²) in [5, 5.41) is 10.0. The van der Waals surface area contributed by atoms with Crippen molar-refractivity contribution < 1.29 is 13.5 Å². The molecule has 0 aromatic heterocycles. The molecule has 1 aliphatic heterocycles. The fraction of sp³-hybridized carbons (Fsp3) is 0.500. The van der Waals surface area contributed by atoms with Crippen LogP contribution in [0.1, 0.15) is 19.8 Å². The molecule has 1 aliphatic rings. The number of hydrogen-bond donors (Lipinski definition) is 2. The van der Waals surface area contributed by atoms with Crippen LogP contribution in [0.15, 0.2) is 18.2 Å². The summed E-state index contributed by atoms with van der Waals surface area (Å²) in [4.78, 5) is 0. The lowest BCUT2D eigenvalue weighted by Gasteiger charge is -2.29. The number of piperidine rings is 1. The molecule has 0 aliphatic carbocycles. The normalized spacial score (nSPS) is 18.4. The summed E-state index contributed by atoms with van der Waals surface area (Å²) in [6.45, 7) is 3.12. The van der Waals surface area contributed by atoms with Crippen LogP contribution in [0.2, 0.25) is 5.02 Å². The Hall–Kier alpha value is -0.980. The van der Waals surface area contributed by atoms with Crippen LogP contribution in [0.3, 0.4) is 0 Å². The van der Waals surface area contributed by atoms with Gasteiger partial charge in [-0.15, -0.1) is 0 Å². The number of hydrogen-bond acceptors (Lipinski definition) is 3. The second kappa shape index (κ2) is 5.56. The van der Waals surface area contributed by atoms with Crippen LogP contribution in [-0.4, -0.2) is 30.9 Å². The molecule has 1 aromatic rings. The topological polar surface area (TPSA) is 69.6 Å². The first-order valence-corrected chi connectivity index (χ1v) is 7.96. The molecule has 1 fully saturated rings. The van der Waals surface area contributed by atoms with Gasteiger partial charge in [-0.1, -0.05) is 18.5 Å². The molecule has 7 heteroatoms. The van der Waals surface area contributed by atoms with E-state index in [2.05, 4.69) is 11.6 Å². The molecule has 0 bridgehead atoms. The van der Waals surface area contributed by atoms with E-state index in [1.807, 2.05) is 0 Å². The van der Waals surface area contributed by atoms with Gasteiger partial charge in [0.2, 0.25) is 0 Å². The molecule has 1 saturated heterocycles. The molecule has 0 radical (unpaired) electrons. The predicted molar refractivity (Wildman–Crippen MR) is 75.6 cm³/mol. The molecule has 0 atom stereocenters. The summed E-state index contributed by atoms with van der Waals surface area (Å²) < 4.78 is 28.1. The predicted octanol–water partition coefficient (Wildman–Crippen LogP) is 2.43. The SMILES string of the molecule is CC1CCN(S(=O)(=O)Nc2ccc(Cl)cc2O)CC1. The number of phenolic OH excluding ortho intramolecular Hbond substituents is 1. The van der Waals surface area contributed by atoms with E-state index in [-0.39, 0.29) is 11.4 Å². The minimum atomic E-state index is -3.61. The zero-order valence-corrected chi connectivity index (χ0v) is 12.2. The lowest BCUT2D eigenvalue weighted by atomic mass is 10.0. The van der Waals surface area contributed by atoms with E-state index >= 15 is 0 Å². The Morgan fingerprint density at radius 2 is 2.00 bits per heavy atom. The number of nitrogens with zero attached hydrogens (tertiary/aromatic N) is 1. The van der Waals surface area contributed by atoms with Crippen molar-refractivity contribution in [1.29, 1.82) is 0 Å². The second-order valence-corrected chi connectivity index (χ2v) is 6.96. The zero-order valence-electron chi connectivity index (χ0n) is 10.6. The third-order valence-electron chi connectivity index (χ3n) is 3.28. The Bertz CT molecular complexity index is 554. The van der Waals surface area contributed by atoms with E-state index < -0.39 is 10.2 Å². The van der Waals surface area contributed by atoms with Crippen LogP contribution in [0.4, 0.5) is 5.69 Å². The van der Waals surface area contributed by atoms with Gasteiger partial charge in [0.25, 0.3) is 0 Å². The lowest BCUT2D eigenvalue weighted by Crippen LogP contribution is -2.41. The highest BCUT2D eigenvalue weighted by atomic mass is 35.5. The third-order valence-corrected chi connectivity index (χ3v) is 5.04. The van der Waals surface area contributed by atoms with Gasteiger partial charge in [-0.3, -0.25) is 4.72 Å². The maximum atomic E-state index is 12.2. The first kappa shape index (κ1) is 14.4. The molecule has 0 amide bonds. The molecule has 0 saturated carbocycles. The average molecular weight is 305 g/mol. The maximum absolute atomic E-state index is 12.2. The highest BCUT2D eigenvalue weighted by molar-refractivity contribution is 7.90. The van der Waals surface area contributed by atoms with Crippen molar-refractivity contribution in [2.75, 3.05) is 17.8 Å². The van der Waals surface area contributed by atoms with Crippen LogP contribution in [-0.2, 0) is 10.2 Å². The van der Waals surface area contributed by atoms with E-state index in [0.29, 0.717) is 24.0 Å². The third kappa shape index (κ3) is 3.52. The van der Waals surface area contributed by atoms with E-state index in [4.69, 9.17) is 11.6 Å². The highest BCUT2D eigenvalue weighted by Gasteiger charge is 2.26. The fourth-order valence-corrected chi connectivity index (χ4v) is 3.46. The second-order valence-electron chi connectivity index (χ2n) is 4.85. The first-order chi connectivity index (χ1) is 8.88. The Morgan fingerprint density at radius 3 is 2.58 bits per heavy atom. The Morgan fingerprint density at radius 1 is 1.37 bits per heavy atom. The molecule has 0 spiro atoms. The number of phenols is 1. The molecule has 1 heterocycles. The van der Waals surface area contributed by atoms with Crippen molar-refractivity contribution in [1.82, 2.24) is 4.31 Å². The van der Waals surface area contributed by atoms with Gasteiger partial charge in [0.15, 0.2) is 0 Å². The minimum Gasteiger partial charge on any atom is -0.506 e. The molecular weight excluding hydrogens is 288 g/mol. The summed E-state index contributed by atoms with van der Waals surface area (Å²) in [5.74, 6) is 0.372. The molecule has 0 unspecified atom stereocenters. The van der Waals surface area contributed by atoms with Crippen molar-refractivity contribution in [3.63, 3.8) is 0 Å². The Kier molecular flexibility index (Phi) is 4.23. The van der Waals surface area contributed by atoms with Gasteiger partial charge >= 0.3 is 10.2 Å². The van der Waals surface area contributed by atoms with Crippen molar-refractivity contribution in [2.45, 2.75) is 19.8 Å². The van der Waals surface area contributed by atoms with E-state index in [9.17, 15) is 13.5 Å². The van der Waals surface area contributed by atoms with Crippen molar-refractivity contribution >= 4 is 27.5 Å². The number of aromatic hydroxyl groups is 1. The maximum Gasteiger partial charge on any atom is 0.301 e. The van der Waals surface area contributed by atoms with Gasteiger partial charge in [-0.05, 0) is 30.9 Å². The van der Waals surface area contributed by atoms with E-state index in [0.717, 1.165) is 12.8 Å². The van der Waals surface area contributed by atoms with Gasteiger partial charge in [0, 0.05) is 24.2 Å². The zero-order chi connectivity index (χ0) is 14.0. The lowest BCUT2D eigenvalue weighted by molar-refractivity contribution is 0.289. The monoisotopic (exact) mass is 304 g/mol. The molecule has 2 N–H and O–H groups in total. The van der Waals surface area contributed by atoms with Crippen molar-refractivity contribution in [3.05, 3.63) is 23.2 Å². The van der Waals surface area contributed by atoms with Gasteiger partial charge in [0.1, 0.15) is 5.75 Å². The number of rotatable bonds is 3. The summed E-state index contributed by atoms with van der Waals surface area (Å²) in [7, 11) is -3.61. The van der Waals surface area contributed by atoms with Crippen molar-refractivity contribution in [2.24, 2.45) is 5.92 Å². The summed E-state index contributed by atoms with van der Waals surface area (Å²) in [5.41, 5.74) is 0.142. The van der Waals surface area contributed by atoms with Crippen molar-refractivity contribution in [3.8, 4) is 5.75 Å². The van der Waals surface area contributed by atoms with Gasteiger partial charge in [-0.2, -0.15) is 12.7 Å². The molecule has 5 nitrogen and oxygen atoms in total. The molecule has 2 rings (SSSR count). The molecular formula is C12H17ClN2O3S. The molecule has 106 valence electrons. The average Bonchev–Trinajstić information content (AvgIpc) is 2.33. The van der Waals surface area contributed by atoms with Crippen LogP contribution < -0.4 is 4.72 Å². The summed E-state index contributed by atoms with van der Waals surface area (Å²) in [6.07, 6.45) is 1.71. The summed E-state index contributed by atoms with van der Waals surface area (Å²) in [6, 6.07) is 4.27. The van der Waals surface area contributed by atoms with E-state index in [1.165, 1.54) is 22.5 Å². The number of nitrogens with one attached hydrogen (secondary N) is 1. The largest absolute Gasteiger partial charge is 0.506 e. The minimum absolute atomic E-state index is 0.142. The van der Waals surface area contributed by atoms with Gasteiger partial charge in [-0.25, -0.2) is 0 Å². The van der Waals surface area contributed by atoms with Gasteiger partial charge < -0.3 is 5.11 Å². The Labute approximate surface area is 118 Å². The van der Waals surface area contributed by atoms with Crippen LogP contribution in [0, 0.1) is 5.92 Å². The molecule has 19 heavy (non-hydrogen) atoms.